The van der Waals surface area contributed by atoms with Gasteiger partial charge in [-0.15, -0.1) is 11.5 Å². The Labute approximate surface area is 173 Å². The third kappa shape index (κ3) is 7.97. The number of hydrogen-bond acceptors (Lipinski definition) is 2. The van der Waals surface area contributed by atoms with E-state index in [4.69, 9.17) is 0 Å². The summed E-state index contributed by atoms with van der Waals surface area (Å²) in [5.41, 5.74) is 3.11. The minimum Gasteiger partial charge on any atom is -0.872 e. The zero-order valence-corrected chi connectivity index (χ0v) is 18.3. The van der Waals surface area contributed by atoms with E-state index in [9.17, 15) is 10.2 Å². The topological polar surface area (TPSA) is 46.1 Å². The molecule has 0 amide bonds. The van der Waals surface area contributed by atoms with Crippen molar-refractivity contribution in [2.75, 3.05) is 0 Å². The minimum absolute atomic E-state index is 0.0718. The quantitative estimate of drug-likeness (QED) is 0.662. The van der Waals surface area contributed by atoms with Crippen LogP contribution < -0.4 is 10.2 Å². The van der Waals surface area contributed by atoms with E-state index in [1.54, 1.807) is 42.0 Å². The number of hydrogen-bond donors (Lipinski definition) is 0. The maximum absolute atomic E-state index is 10.3. The van der Waals surface area contributed by atoms with Crippen molar-refractivity contribution in [2.24, 2.45) is 0 Å². The summed E-state index contributed by atoms with van der Waals surface area (Å²) < 4.78 is 3.56. The molecule has 2 aromatic carbocycles. The van der Waals surface area contributed by atoms with Gasteiger partial charge in [0, 0.05) is 0 Å². The van der Waals surface area contributed by atoms with E-state index < -0.39 is 0 Å². The zero-order chi connectivity index (χ0) is 19.5. The second kappa shape index (κ2) is 11.6. The molecule has 27 heavy (non-hydrogen) atoms. The SMILES string of the molecule is CC1=[C]([Zr+2][C]2=C(C)C=CC2)CC=C1.[O-]c1ccccc1.[O-]c1ccccc1. The van der Waals surface area contributed by atoms with Crippen LogP contribution in [-0.2, 0) is 23.2 Å². The van der Waals surface area contributed by atoms with Crippen molar-refractivity contribution in [1.82, 2.24) is 0 Å². The zero-order valence-electron chi connectivity index (χ0n) is 15.8. The molecule has 136 valence electrons. The van der Waals surface area contributed by atoms with E-state index in [0.29, 0.717) is 0 Å². The molecule has 2 aliphatic carbocycles. The molecular weight excluding hydrogens is 411 g/mol. The van der Waals surface area contributed by atoms with Crippen LogP contribution >= 0.6 is 0 Å². The van der Waals surface area contributed by atoms with Gasteiger partial charge < -0.3 is 10.2 Å². The van der Waals surface area contributed by atoms with Crippen LogP contribution in [0.25, 0.3) is 0 Å². The fraction of sp³-hybridized carbons (Fsp3) is 0.167. The number of allylic oxidation sites excluding steroid dienone is 8. The van der Waals surface area contributed by atoms with Crippen LogP contribution in [0, 0.1) is 0 Å². The third-order valence-corrected chi connectivity index (χ3v) is 8.55. The van der Waals surface area contributed by atoms with E-state index in [1.807, 2.05) is 12.1 Å². The predicted octanol–water partition coefficient (Wildman–Crippen LogP) is 5.06. The number of para-hydroxylation sites is 2. The van der Waals surface area contributed by atoms with Gasteiger partial charge in [0.15, 0.2) is 0 Å². The largest absolute Gasteiger partial charge is 0.872 e. The third-order valence-electron chi connectivity index (χ3n) is 4.12. The Kier molecular flexibility index (Phi) is 9.08. The van der Waals surface area contributed by atoms with Gasteiger partial charge >= 0.3 is 91.9 Å². The standard InChI is InChI=1S/2C6H6O.2C6H7.Zr/c2*7-6-4-2-1-3-5-6;2*1-6-4-2-3-5-6;/h2*1-5,7H;2*2,4H,3H2,1H3;/q;;;;+2/p-2. The molecule has 2 aromatic rings. The van der Waals surface area contributed by atoms with Crippen LogP contribution in [0.5, 0.6) is 11.5 Å². The van der Waals surface area contributed by atoms with E-state index >= 15 is 0 Å². The molecule has 0 unspecified atom stereocenters. The Morgan fingerprint density at radius 1 is 0.630 bits per heavy atom. The van der Waals surface area contributed by atoms with Gasteiger partial charge in [0.1, 0.15) is 0 Å². The average Bonchev–Trinajstić information content (AvgIpc) is 3.26. The first-order valence-corrected chi connectivity index (χ1v) is 11.5. The molecule has 0 bridgehead atoms. The molecule has 0 N–H and O–H groups in total. The van der Waals surface area contributed by atoms with Crippen LogP contribution in [0.15, 0.2) is 103 Å². The molecular formula is C24H24O2Zr. The Morgan fingerprint density at radius 2 is 1.00 bits per heavy atom. The summed E-state index contributed by atoms with van der Waals surface area (Å²) in [6.07, 6.45) is 11.7. The van der Waals surface area contributed by atoms with Crippen LogP contribution in [0.1, 0.15) is 26.7 Å². The van der Waals surface area contributed by atoms with E-state index in [-0.39, 0.29) is 34.7 Å². The minimum atomic E-state index is -0.385. The first-order chi connectivity index (χ1) is 13.1. The molecule has 2 aliphatic rings. The maximum atomic E-state index is 10.3. The fourth-order valence-corrected chi connectivity index (χ4v) is 5.91. The van der Waals surface area contributed by atoms with Crippen LogP contribution in [0.3, 0.4) is 0 Å². The van der Waals surface area contributed by atoms with Crippen molar-refractivity contribution < 1.29 is 33.4 Å². The summed E-state index contributed by atoms with van der Waals surface area (Å²) in [6, 6.07) is 16.7. The van der Waals surface area contributed by atoms with Crippen LogP contribution in [0.4, 0.5) is 0 Å². The Hall–Kier alpha value is -2.12. The van der Waals surface area contributed by atoms with Crippen molar-refractivity contribution in [3.8, 4) is 11.5 Å². The molecule has 0 saturated heterocycles. The average molecular weight is 436 g/mol. The Balaban J connectivity index is 0.000000159. The maximum Gasteiger partial charge on any atom is -0.0623 e. The van der Waals surface area contributed by atoms with Gasteiger partial charge in [0.05, 0.1) is 0 Å². The van der Waals surface area contributed by atoms with Crippen molar-refractivity contribution in [2.45, 2.75) is 26.7 Å². The molecule has 3 heteroatoms. The fourth-order valence-electron chi connectivity index (χ4n) is 2.55. The van der Waals surface area contributed by atoms with Crippen molar-refractivity contribution >= 4 is 0 Å². The van der Waals surface area contributed by atoms with Crippen molar-refractivity contribution in [3.05, 3.63) is 103 Å². The van der Waals surface area contributed by atoms with Gasteiger partial charge in [0.25, 0.3) is 0 Å². The summed E-state index contributed by atoms with van der Waals surface area (Å²) >= 11 is -0.385. The molecule has 0 spiro atoms. The van der Waals surface area contributed by atoms with Gasteiger partial charge in [-0.3, -0.25) is 0 Å². The van der Waals surface area contributed by atoms with Crippen LogP contribution in [0.2, 0.25) is 0 Å². The van der Waals surface area contributed by atoms with E-state index in [2.05, 4.69) is 38.2 Å². The molecule has 0 atom stereocenters. The molecule has 0 fully saturated rings. The normalized spacial score (nSPS) is 14.3. The van der Waals surface area contributed by atoms with Gasteiger partial charge in [-0.05, 0) is 0 Å². The monoisotopic (exact) mass is 434 g/mol. The van der Waals surface area contributed by atoms with Crippen LogP contribution in [-0.4, -0.2) is 0 Å². The van der Waals surface area contributed by atoms with E-state index in [1.165, 1.54) is 37.1 Å². The Bertz CT molecular complexity index is 760. The number of rotatable bonds is 2. The summed E-state index contributed by atoms with van der Waals surface area (Å²) in [4.78, 5) is 0. The van der Waals surface area contributed by atoms with Gasteiger partial charge in [-0.1, -0.05) is 60.7 Å². The summed E-state index contributed by atoms with van der Waals surface area (Å²) in [5.74, 6) is 0.144. The van der Waals surface area contributed by atoms with E-state index in [0.717, 1.165) is 0 Å². The smallest absolute Gasteiger partial charge is 0.0623 e. The van der Waals surface area contributed by atoms with Crippen molar-refractivity contribution in [3.63, 3.8) is 0 Å². The number of benzene rings is 2. The van der Waals surface area contributed by atoms with Gasteiger partial charge in [-0.25, -0.2) is 0 Å². The van der Waals surface area contributed by atoms with Gasteiger partial charge in [0.2, 0.25) is 0 Å². The summed E-state index contributed by atoms with van der Waals surface area (Å²) in [5, 5.41) is 20.5. The second-order valence-electron chi connectivity index (χ2n) is 6.29. The summed E-state index contributed by atoms with van der Waals surface area (Å²) in [6.45, 7) is 4.52. The molecule has 0 saturated carbocycles. The first-order valence-electron chi connectivity index (χ1n) is 9.00. The molecule has 4 rings (SSSR count). The molecule has 0 aromatic heterocycles. The molecule has 0 aliphatic heterocycles. The summed E-state index contributed by atoms with van der Waals surface area (Å²) in [7, 11) is 0. The van der Waals surface area contributed by atoms with Crippen molar-refractivity contribution in [1.29, 1.82) is 0 Å². The Morgan fingerprint density at radius 3 is 1.22 bits per heavy atom. The first kappa shape index (κ1) is 21.2. The predicted molar refractivity (Wildman–Crippen MR) is 105 cm³/mol. The molecule has 2 nitrogen and oxygen atoms in total. The second-order valence-corrected chi connectivity index (χ2v) is 9.87. The van der Waals surface area contributed by atoms with Gasteiger partial charge in [-0.2, -0.15) is 0 Å². The molecule has 0 heterocycles. The molecule has 0 radical (unpaired) electrons.